The highest BCUT2D eigenvalue weighted by Gasteiger charge is 2.21. The topological polar surface area (TPSA) is 131 Å². The van der Waals surface area contributed by atoms with E-state index in [1.807, 2.05) is 5.32 Å². The van der Waals surface area contributed by atoms with Gasteiger partial charge in [0.25, 0.3) is 5.91 Å². The lowest BCUT2D eigenvalue weighted by atomic mass is 9.87. The third-order valence-corrected chi connectivity index (χ3v) is 6.22. The second-order valence-corrected chi connectivity index (χ2v) is 10.2. The highest BCUT2D eigenvalue weighted by atomic mass is 32.2. The first-order valence-electron chi connectivity index (χ1n) is 10.3. The number of hydrogen-bond donors (Lipinski definition) is 3. The molecule has 10 heteroatoms. The largest absolute Gasteiger partial charge is 0.449 e. The summed E-state index contributed by atoms with van der Waals surface area (Å²) < 4.78 is 32.7. The molecule has 2 aromatic carbocycles. The molecule has 1 atom stereocenters. The van der Waals surface area contributed by atoms with Crippen molar-refractivity contribution in [1.82, 2.24) is 15.4 Å². The van der Waals surface area contributed by atoms with Crippen LogP contribution in [0.4, 0.5) is 4.79 Å². The zero-order chi connectivity index (χ0) is 24.8. The van der Waals surface area contributed by atoms with Crippen LogP contribution in [0.5, 0.6) is 0 Å². The van der Waals surface area contributed by atoms with Gasteiger partial charge in [0.15, 0.2) is 6.10 Å². The van der Waals surface area contributed by atoms with Gasteiger partial charge in [0, 0.05) is 13.6 Å². The summed E-state index contributed by atoms with van der Waals surface area (Å²) in [5.74, 6) is -1.51. The monoisotopic (exact) mass is 475 g/mol. The Labute approximate surface area is 194 Å². The highest BCUT2D eigenvalue weighted by molar-refractivity contribution is 7.89. The van der Waals surface area contributed by atoms with Crippen LogP contribution in [-0.2, 0) is 31.5 Å². The number of urea groups is 1. The second-order valence-electron chi connectivity index (χ2n) is 8.41. The number of benzene rings is 2. The molecule has 0 fully saturated rings. The zero-order valence-electron chi connectivity index (χ0n) is 19.3. The van der Waals surface area contributed by atoms with Crippen LogP contribution in [-0.4, -0.2) is 39.5 Å². The molecule has 0 bridgehead atoms. The molecule has 2 aromatic rings. The van der Waals surface area contributed by atoms with Crippen molar-refractivity contribution in [3.05, 3.63) is 65.2 Å². The van der Waals surface area contributed by atoms with Gasteiger partial charge in [0.05, 0.1) is 10.5 Å². The van der Waals surface area contributed by atoms with Crippen LogP contribution in [0.2, 0.25) is 0 Å². The first-order chi connectivity index (χ1) is 15.3. The van der Waals surface area contributed by atoms with Crippen molar-refractivity contribution in [1.29, 1.82) is 0 Å². The summed E-state index contributed by atoms with van der Waals surface area (Å²) in [6.07, 6.45) is -1.18. The standard InChI is InChI=1S/C23H29N3O6S/c1-15(20(27)26-22(29)24-5)32-21(28)17-8-6-16(7-9-17)14-25-33(30,31)19-12-10-18(11-13-19)23(2,3)4/h6-13,15,25H,14H2,1-5H3,(H2,24,26,27,29). The Morgan fingerprint density at radius 1 is 0.970 bits per heavy atom. The number of carbonyl (C=O) groups is 3. The molecule has 0 aliphatic heterocycles. The first-order valence-corrected chi connectivity index (χ1v) is 11.7. The average Bonchev–Trinajstić information content (AvgIpc) is 2.77. The van der Waals surface area contributed by atoms with Gasteiger partial charge in [-0.2, -0.15) is 0 Å². The van der Waals surface area contributed by atoms with Crippen LogP contribution in [0.25, 0.3) is 0 Å². The predicted molar refractivity (Wildman–Crippen MR) is 123 cm³/mol. The molecule has 0 saturated carbocycles. The smallest absolute Gasteiger partial charge is 0.338 e. The Balaban J connectivity index is 1.96. The molecule has 3 N–H and O–H groups in total. The van der Waals surface area contributed by atoms with E-state index in [2.05, 4.69) is 30.8 Å². The number of carbonyl (C=O) groups excluding carboxylic acids is 3. The summed E-state index contributed by atoms with van der Waals surface area (Å²) >= 11 is 0. The molecule has 0 radical (unpaired) electrons. The number of hydrogen-bond acceptors (Lipinski definition) is 6. The van der Waals surface area contributed by atoms with Crippen molar-refractivity contribution in [2.45, 2.75) is 50.7 Å². The molecule has 0 spiro atoms. The minimum Gasteiger partial charge on any atom is -0.449 e. The van der Waals surface area contributed by atoms with Gasteiger partial charge in [0.2, 0.25) is 10.0 Å². The van der Waals surface area contributed by atoms with Crippen molar-refractivity contribution < 1.29 is 27.5 Å². The Morgan fingerprint density at radius 3 is 2.06 bits per heavy atom. The SMILES string of the molecule is CNC(=O)NC(=O)C(C)OC(=O)c1ccc(CNS(=O)(=O)c2ccc(C(C)(C)C)cc2)cc1. The van der Waals surface area contributed by atoms with E-state index >= 15 is 0 Å². The Bertz CT molecular complexity index is 1100. The van der Waals surface area contributed by atoms with Crippen LogP contribution in [0.15, 0.2) is 53.4 Å². The molecule has 0 aliphatic carbocycles. The van der Waals surface area contributed by atoms with Gasteiger partial charge < -0.3 is 10.1 Å². The molecule has 1 unspecified atom stereocenters. The average molecular weight is 476 g/mol. The molecule has 33 heavy (non-hydrogen) atoms. The van der Waals surface area contributed by atoms with E-state index in [4.69, 9.17) is 4.74 Å². The molecule has 0 aliphatic rings. The maximum absolute atomic E-state index is 12.6. The lowest BCUT2D eigenvalue weighted by Crippen LogP contribution is -2.43. The molecule has 3 amide bonds. The van der Waals surface area contributed by atoms with Crippen LogP contribution in [0.3, 0.4) is 0 Å². The van der Waals surface area contributed by atoms with Gasteiger partial charge in [-0.15, -0.1) is 0 Å². The van der Waals surface area contributed by atoms with E-state index in [-0.39, 0.29) is 22.4 Å². The van der Waals surface area contributed by atoms with Crippen LogP contribution in [0, 0.1) is 0 Å². The fourth-order valence-electron chi connectivity index (χ4n) is 2.71. The lowest BCUT2D eigenvalue weighted by molar-refractivity contribution is -0.127. The van der Waals surface area contributed by atoms with Crippen LogP contribution in [0.1, 0.15) is 49.2 Å². The summed E-state index contributed by atoms with van der Waals surface area (Å²) in [5.41, 5.74) is 1.76. The maximum Gasteiger partial charge on any atom is 0.338 e. The maximum atomic E-state index is 12.6. The molecule has 178 valence electrons. The van der Waals surface area contributed by atoms with Crippen molar-refractivity contribution in [2.75, 3.05) is 7.05 Å². The van der Waals surface area contributed by atoms with Crippen molar-refractivity contribution in [3.8, 4) is 0 Å². The summed E-state index contributed by atoms with van der Waals surface area (Å²) in [4.78, 5) is 35.3. The summed E-state index contributed by atoms with van der Waals surface area (Å²) in [6, 6.07) is 12.1. The molecule has 2 rings (SSSR count). The Kier molecular flexibility index (Phi) is 8.34. The molecular formula is C23H29N3O6S. The number of ether oxygens (including phenoxy) is 1. The number of esters is 1. The van der Waals surface area contributed by atoms with Gasteiger partial charge in [0.1, 0.15) is 0 Å². The minimum absolute atomic E-state index is 0.0314. The van der Waals surface area contributed by atoms with Gasteiger partial charge in [-0.1, -0.05) is 45.0 Å². The van der Waals surface area contributed by atoms with E-state index in [0.29, 0.717) is 5.56 Å². The molecule has 9 nitrogen and oxygen atoms in total. The van der Waals surface area contributed by atoms with E-state index in [9.17, 15) is 22.8 Å². The van der Waals surface area contributed by atoms with Gasteiger partial charge >= 0.3 is 12.0 Å². The van der Waals surface area contributed by atoms with E-state index in [1.54, 1.807) is 36.4 Å². The van der Waals surface area contributed by atoms with E-state index < -0.39 is 34.0 Å². The predicted octanol–water partition coefficient (Wildman–Crippen LogP) is 2.46. The first kappa shape index (κ1) is 26.0. The van der Waals surface area contributed by atoms with Crippen molar-refractivity contribution >= 4 is 27.9 Å². The van der Waals surface area contributed by atoms with Gasteiger partial charge in [-0.3, -0.25) is 10.1 Å². The summed E-state index contributed by atoms with van der Waals surface area (Å²) in [7, 11) is -2.35. The normalized spacial score (nSPS) is 12.5. The highest BCUT2D eigenvalue weighted by Crippen LogP contribution is 2.23. The fourth-order valence-corrected chi connectivity index (χ4v) is 3.73. The van der Waals surface area contributed by atoms with E-state index in [0.717, 1.165) is 5.56 Å². The van der Waals surface area contributed by atoms with Crippen molar-refractivity contribution in [3.63, 3.8) is 0 Å². The van der Waals surface area contributed by atoms with E-state index in [1.165, 1.54) is 26.1 Å². The summed E-state index contributed by atoms with van der Waals surface area (Å²) in [6.45, 7) is 7.52. The second kappa shape index (κ2) is 10.6. The lowest BCUT2D eigenvalue weighted by Gasteiger charge is -2.19. The van der Waals surface area contributed by atoms with Crippen molar-refractivity contribution in [2.24, 2.45) is 0 Å². The van der Waals surface area contributed by atoms with Crippen LogP contribution < -0.4 is 15.4 Å². The minimum atomic E-state index is -3.70. The number of imide groups is 1. The molecule has 0 aromatic heterocycles. The quantitative estimate of drug-likeness (QED) is 0.528. The van der Waals surface area contributed by atoms with Gasteiger partial charge in [-0.25, -0.2) is 22.7 Å². The summed E-state index contributed by atoms with van der Waals surface area (Å²) in [5, 5.41) is 4.24. The molecule has 0 saturated heterocycles. The van der Waals surface area contributed by atoms with Gasteiger partial charge in [-0.05, 0) is 47.7 Å². The zero-order valence-corrected chi connectivity index (χ0v) is 20.1. The number of amides is 3. The third-order valence-electron chi connectivity index (χ3n) is 4.80. The number of sulfonamides is 1. The molecule has 0 heterocycles. The molecular weight excluding hydrogens is 446 g/mol. The number of nitrogens with one attached hydrogen (secondary N) is 3. The Morgan fingerprint density at radius 2 is 1.55 bits per heavy atom. The fraction of sp³-hybridized carbons (Fsp3) is 0.348. The van der Waals surface area contributed by atoms with Crippen LogP contribution >= 0.6 is 0 Å². The number of rotatable bonds is 7. The Hall–Kier alpha value is -3.24. The third kappa shape index (κ3) is 7.40.